The van der Waals surface area contributed by atoms with E-state index in [1.165, 1.54) is 0 Å². The first-order valence-corrected chi connectivity index (χ1v) is 5.64. The zero-order chi connectivity index (χ0) is 12.8. The van der Waals surface area contributed by atoms with Crippen LogP contribution < -0.4 is 15.4 Å². The molecule has 0 saturated heterocycles. The summed E-state index contributed by atoms with van der Waals surface area (Å²) in [5.41, 5.74) is 0. The van der Waals surface area contributed by atoms with Crippen molar-refractivity contribution in [2.45, 2.75) is 13.5 Å². The number of furan rings is 1. The Balaban J connectivity index is 2.08. The predicted molar refractivity (Wildman–Crippen MR) is 66.6 cm³/mol. The maximum absolute atomic E-state index is 5.26. The van der Waals surface area contributed by atoms with Crippen LogP contribution in [0.1, 0.15) is 12.7 Å². The minimum atomic E-state index is 0.291. The first kappa shape index (κ1) is 12.2. The van der Waals surface area contributed by atoms with Gasteiger partial charge in [0.1, 0.15) is 5.76 Å². The summed E-state index contributed by atoms with van der Waals surface area (Å²) in [5, 5.41) is 5.90. The Labute approximate surface area is 105 Å². The van der Waals surface area contributed by atoms with Gasteiger partial charge in [0, 0.05) is 7.05 Å². The van der Waals surface area contributed by atoms with Gasteiger partial charge in [-0.1, -0.05) is 0 Å². The molecule has 0 aromatic carbocycles. The molecule has 7 heteroatoms. The Hall–Kier alpha value is -2.31. The molecule has 0 saturated carbocycles. The minimum Gasteiger partial charge on any atom is -0.467 e. The van der Waals surface area contributed by atoms with Crippen LogP contribution in [-0.4, -0.2) is 28.6 Å². The molecule has 2 heterocycles. The lowest BCUT2D eigenvalue weighted by atomic mass is 10.4. The molecule has 0 spiro atoms. The van der Waals surface area contributed by atoms with Crippen LogP contribution in [0.5, 0.6) is 6.01 Å². The second kappa shape index (κ2) is 5.85. The largest absolute Gasteiger partial charge is 0.467 e. The number of ether oxygens (including phenoxy) is 1. The van der Waals surface area contributed by atoms with Gasteiger partial charge in [-0.05, 0) is 19.1 Å². The van der Waals surface area contributed by atoms with Crippen molar-refractivity contribution >= 4 is 11.9 Å². The van der Waals surface area contributed by atoms with Gasteiger partial charge in [-0.15, -0.1) is 0 Å². The Morgan fingerprint density at radius 1 is 1.28 bits per heavy atom. The van der Waals surface area contributed by atoms with Crippen molar-refractivity contribution in [2.75, 3.05) is 24.3 Å². The highest BCUT2D eigenvalue weighted by Crippen LogP contribution is 2.12. The smallest absolute Gasteiger partial charge is 0.323 e. The number of aromatic nitrogens is 3. The van der Waals surface area contributed by atoms with Crippen LogP contribution in [-0.2, 0) is 6.54 Å². The molecule has 96 valence electrons. The molecular formula is C11H15N5O2. The third-order valence-electron chi connectivity index (χ3n) is 2.11. The van der Waals surface area contributed by atoms with E-state index in [4.69, 9.17) is 9.15 Å². The molecule has 0 aliphatic rings. The van der Waals surface area contributed by atoms with Crippen LogP contribution in [0, 0.1) is 0 Å². The van der Waals surface area contributed by atoms with Crippen LogP contribution in [0.4, 0.5) is 11.9 Å². The van der Waals surface area contributed by atoms with Crippen molar-refractivity contribution in [2.24, 2.45) is 0 Å². The maximum atomic E-state index is 5.26. The van der Waals surface area contributed by atoms with Crippen LogP contribution in [0.15, 0.2) is 22.8 Å². The molecule has 0 unspecified atom stereocenters. The molecule has 7 nitrogen and oxygen atoms in total. The van der Waals surface area contributed by atoms with E-state index in [2.05, 4.69) is 25.6 Å². The zero-order valence-corrected chi connectivity index (χ0v) is 10.3. The van der Waals surface area contributed by atoms with E-state index in [-0.39, 0.29) is 0 Å². The topological polar surface area (TPSA) is 85.1 Å². The average molecular weight is 249 g/mol. The molecule has 2 rings (SSSR count). The van der Waals surface area contributed by atoms with Crippen molar-refractivity contribution in [3.63, 3.8) is 0 Å². The molecule has 2 aromatic heterocycles. The molecule has 2 aromatic rings. The van der Waals surface area contributed by atoms with Crippen molar-refractivity contribution in [3.05, 3.63) is 24.2 Å². The summed E-state index contributed by atoms with van der Waals surface area (Å²) < 4.78 is 10.5. The second-order valence-corrected chi connectivity index (χ2v) is 3.38. The summed E-state index contributed by atoms with van der Waals surface area (Å²) in [5.74, 6) is 1.70. The van der Waals surface area contributed by atoms with E-state index in [0.717, 1.165) is 5.76 Å². The lowest BCUT2D eigenvalue weighted by Crippen LogP contribution is -2.09. The van der Waals surface area contributed by atoms with Crippen LogP contribution in [0.25, 0.3) is 0 Å². The van der Waals surface area contributed by atoms with Gasteiger partial charge in [0.2, 0.25) is 11.9 Å². The molecule has 0 aliphatic carbocycles. The van der Waals surface area contributed by atoms with Crippen molar-refractivity contribution in [1.29, 1.82) is 0 Å². The molecule has 0 amide bonds. The summed E-state index contributed by atoms with van der Waals surface area (Å²) >= 11 is 0. The summed E-state index contributed by atoms with van der Waals surface area (Å²) in [4.78, 5) is 12.4. The van der Waals surface area contributed by atoms with Gasteiger partial charge in [0.15, 0.2) is 0 Å². The van der Waals surface area contributed by atoms with E-state index in [1.54, 1.807) is 13.3 Å². The molecule has 0 bridgehead atoms. The third kappa shape index (κ3) is 3.09. The molecule has 18 heavy (non-hydrogen) atoms. The number of anilines is 2. The molecule has 0 atom stereocenters. The van der Waals surface area contributed by atoms with E-state index in [0.29, 0.717) is 31.1 Å². The van der Waals surface area contributed by atoms with Crippen LogP contribution >= 0.6 is 0 Å². The van der Waals surface area contributed by atoms with Gasteiger partial charge < -0.3 is 19.8 Å². The summed E-state index contributed by atoms with van der Waals surface area (Å²) in [6, 6.07) is 3.99. The fourth-order valence-electron chi connectivity index (χ4n) is 1.32. The van der Waals surface area contributed by atoms with Gasteiger partial charge in [-0.25, -0.2) is 0 Å². The first-order valence-electron chi connectivity index (χ1n) is 5.64. The molecule has 2 N–H and O–H groups in total. The highest BCUT2D eigenvalue weighted by molar-refractivity contribution is 5.35. The fourth-order valence-corrected chi connectivity index (χ4v) is 1.32. The Morgan fingerprint density at radius 3 is 2.78 bits per heavy atom. The average Bonchev–Trinajstić information content (AvgIpc) is 2.89. The lowest BCUT2D eigenvalue weighted by molar-refractivity contribution is 0.312. The van der Waals surface area contributed by atoms with Gasteiger partial charge in [0.05, 0.1) is 19.4 Å². The molecule has 0 radical (unpaired) electrons. The number of hydrogen-bond acceptors (Lipinski definition) is 7. The number of nitrogens with one attached hydrogen (secondary N) is 2. The molecule has 0 fully saturated rings. The van der Waals surface area contributed by atoms with E-state index in [1.807, 2.05) is 19.1 Å². The van der Waals surface area contributed by atoms with Crippen LogP contribution in [0.2, 0.25) is 0 Å². The number of nitrogens with zero attached hydrogens (tertiary/aromatic N) is 3. The van der Waals surface area contributed by atoms with Crippen molar-refractivity contribution in [3.8, 4) is 6.01 Å². The second-order valence-electron chi connectivity index (χ2n) is 3.38. The SMILES string of the molecule is CCOc1nc(NC)nc(NCc2ccco2)n1. The van der Waals surface area contributed by atoms with Crippen molar-refractivity contribution < 1.29 is 9.15 Å². The van der Waals surface area contributed by atoms with Gasteiger partial charge in [-0.3, -0.25) is 0 Å². The first-order chi connectivity index (χ1) is 8.81. The Bertz CT molecular complexity index is 486. The quantitative estimate of drug-likeness (QED) is 0.802. The monoisotopic (exact) mass is 249 g/mol. The highest BCUT2D eigenvalue weighted by Gasteiger charge is 2.06. The van der Waals surface area contributed by atoms with Gasteiger partial charge in [-0.2, -0.15) is 15.0 Å². The van der Waals surface area contributed by atoms with Crippen molar-refractivity contribution in [1.82, 2.24) is 15.0 Å². The third-order valence-corrected chi connectivity index (χ3v) is 2.11. The van der Waals surface area contributed by atoms with E-state index >= 15 is 0 Å². The van der Waals surface area contributed by atoms with E-state index < -0.39 is 0 Å². The standard InChI is InChI=1S/C11H15N5O2/c1-3-17-11-15-9(12-2)14-10(16-11)13-7-8-5-4-6-18-8/h4-6H,3,7H2,1-2H3,(H2,12,13,14,15,16). The van der Waals surface area contributed by atoms with Gasteiger partial charge in [0.25, 0.3) is 0 Å². The Morgan fingerprint density at radius 2 is 2.11 bits per heavy atom. The Kier molecular flexibility index (Phi) is 3.95. The maximum Gasteiger partial charge on any atom is 0.323 e. The summed E-state index contributed by atoms with van der Waals surface area (Å²) in [6.45, 7) is 2.88. The molecule has 0 aliphatic heterocycles. The zero-order valence-electron chi connectivity index (χ0n) is 10.3. The highest BCUT2D eigenvalue weighted by atomic mass is 16.5. The fraction of sp³-hybridized carbons (Fsp3) is 0.364. The summed E-state index contributed by atoms with van der Waals surface area (Å²) in [7, 11) is 1.74. The molecular weight excluding hydrogens is 234 g/mol. The minimum absolute atomic E-state index is 0.291. The summed E-state index contributed by atoms with van der Waals surface area (Å²) in [6.07, 6.45) is 1.62. The van der Waals surface area contributed by atoms with Crippen LogP contribution in [0.3, 0.4) is 0 Å². The lowest BCUT2D eigenvalue weighted by Gasteiger charge is -2.07. The normalized spacial score (nSPS) is 10.1. The predicted octanol–water partition coefficient (Wildman–Crippen LogP) is 1.52. The van der Waals surface area contributed by atoms with Gasteiger partial charge >= 0.3 is 6.01 Å². The number of rotatable bonds is 6. The number of hydrogen-bond donors (Lipinski definition) is 2. The van der Waals surface area contributed by atoms with E-state index in [9.17, 15) is 0 Å².